The van der Waals surface area contributed by atoms with Gasteiger partial charge in [-0.2, -0.15) is 0 Å². The summed E-state index contributed by atoms with van der Waals surface area (Å²) in [5.74, 6) is 1.36. The topological polar surface area (TPSA) is 72.8 Å². The van der Waals surface area contributed by atoms with Crippen LogP contribution in [0.2, 0.25) is 0 Å². The molecule has 1 aliphatic rings. The first kappa shape index (κ1) is 19.0. The zero-order valence-electron chi connectivity index (χ0n) is 15.2. The summed E-state index contributed by atoms with van der Waals surface area (Å²) < 4.78 is 5.94. The molecule has 3 aromatic heterocycles. The van der Waals surface area contributed by atoms with Crippen LogP contribution in [-0.2, 0) is 19.4 Å². The third-order valence-corrected chi connectivity index (χ3v) is 4.54. The number of halogens is 1. The number of pyridine rings is 2. The van der Waals surface area contributed by atoms with E-state index in [2.05, 4.69) is 20.3 Å². The van der Waals surface area contributed by atoms with Crippen LogP contribution < -0.4 is 10.1 Å². The Kier molecular flexibility index (Phi) is 6.19. The van der Waals surface area contributed by atoms with Crippen molar-refractivity contribution in [2.45, 2.75) is 32.3 Å². The number of anilines is 1. The van der Waals surface area contributed by atoms with Gasteiger partial charge in [0.1, 0.15) is 12.4 Å². The highest BCUT2D eigenvalue weighted by molar-refractivity contribution is 5.85. The Morgan fingerprint density at radius 2 is 2.00 bits per heavy atom. The lowest BCUT2D eigenvalue weighted by Crippen LogP contribution is -2.10. The molecule has 0 bridgehead atoms. The lowest BCUT2D eigenvalue weighted by molar-refractivity contribution is 0.288. The third-order valence-electron chi connectivity index (χ3n) is 4.54. The van der Waals surface area contributed by atoms with Crippen molar-refractivity contribution in [1.29, 1.82) is 0 Å². The predicted molar refractivity (Wildman–Crippen MR) is 107 cm³/mol. The Morgan fingerprint density at radius 1 is 1.11 bits per heavy atom. The van der Waals surface area contributed by atoms with Gasteiger partial charge in [-0.05, 0) is 43.4 Å². The SMILES string of the molecule is CNc1cncc(-c2cc(OCc3ccccn3)nc3c2CCCC3)n1.Cl. The molecule has 0 unspecified atom stereocenters. The highest BCUT2D eigenvalue weighted by Crippen LogP contribution is 2.32. The Labute approximate surface area is 164 Å². The summed E-state index contributed by atoms with van der Waals surface area (Å²) in [6.07, 6.45) is 9.61. The molecule has 140 valence electrons. The summed E-state index contributed by atoms with van der Waals surface area (Å²) >= 11 is 0. The summed E-state index contributed by atoms with van der Waals surface area (Å²) in [5, 5.41) is 3.05. The van der Waals surface area contributed by atoms with Crippen LogP contribution in [-0.4, -0.2) is 27.0 Å². The van der Waals surface area contributed by atoms with E-state index in [-0.39, 0.29) is 12.4 Å². The van der Waals surface area contributed by atoms with Gasteiger partial charge in [-0.1, -0.05) is 6.07 Å². The predicted octanol–water partition coefficient (Wildman–Crippen LogP) is 3.85. The molecule has 27 heavy (non-hydrogen) atoms. The molecule has 0 saturated heterocycles. The molecule has 0 aromatic carbocycles. The van der Waals surface area contributed by atoms with E-state index < -0.39 is 0 Å². The Hall–Kier alpha value is -2.73. The van der Waals surface area contributed by atoms with E-state index in [0.29, 0.717) is 12.5 Å². The molecule has 6 nitrogen and oxygen atoms in total. The molecule has 1 aliphatic carbocycles. The first-order valence-corrected chi connectivity index (χ1v) is 8.89. The fraction of sp³-hybridized carbons (Fsp3) is 0.300. The number of hydrogen-bond donors (Lipinski definition) is 1. The third kappa shape index (κ3) is 4.34. The molecule has 3 heterocycles. The number of nitrogens with one attached hydrogen (secondary N) is 1. The van der Waals surface area contributed by atoms with Crippen molar-refractivity contribution in [3.63, 3.8) is 0 Å². The van der Waals surface area contributed by atoms with Crippen LogP contribution in [0.1, 0.15) is 29.8 Å². The fourth-order valence-electron chi connectivity index (χ4n) is 3.23. The molecule has 3 aromatic rings. The zero-order chi connectivity index (χ0) is 17.8. The Morgan fingerprint density at radius 3 is 2.81 bits per heavy atom. The molecule has 4 rings (SSSR count). The second-order valence-corrected chi connectivity index (χ2v) is 6.29. The van der Waals surface area contributed by atoms with Gasteiger partial charge in [-0.3, -0.25) is 9.97 Å². The van der Waals surface area contributed by atoms with E-state index in [9.17, 15) is 0 Å². The minimum Gasteiger partial charge on any atom is -0.471 e. The largest absolute Gasteiger partial charge is 0.471 e. The van der Waals surface area contributed by atoms with Crippen LogP contribution in [0.3, 0.4) is 0 Å². The standard InChI is InChI=1S/C20H21N5O.ClH/c1-21-19-12-22-11-18(24-19)16-10-20(25-17-8-3-2-7-15(16)17)26-13-14-6-4-5-9-23-14;/h4-6,9-12H,2-3,7-8,13H2,1H3,(H,21,24);1H. The molecule has 1 N–H and O–H groups in total. The second kappa shape index (κ2) is 8.77. The van der Waals surface area contributed by atoms with Gasteiger partial charge >= 0.3 is 0 Å². The maximum absolute atomic E-state index is 5.94. The Bertz CT molecular complexity index is 904. The number of fused-ring (bicyclic) bond motifs is 1. The van der Waals surface area contributed by atoms with Crippen LogP contribution in [0.25, 0.3) is 11.3 Å². The van der Waals surface area contributed by atoms with Crippen molar-refractivity contribution in [3.05, 3.63) is 59.8 Å². The van der Waals surface area contributed by atoms with E-state index in [4.69, 9.17) is 9.72 Å². The number of aromatic nitrogens is 4. The van der Waals surface area contributed by atoms with Gasteiger partial charge in [0.25, 0.3) is 0 Å². The monoisotopic (exact) mass is 383 g/mol. The van der Waals surface area contributed by atoms with E-state index in [1.54, 1.807) is 18.6 Å². The van der Waals surface area contributed by atoms with Crippen LogP contribution in [0.4, 0.5) is 5.82 Å². The van der Waals surface area contributed by atoms with Gasteiger partial charge in [-0.15, -0.1) is 12.4 Å². The van der Waals surface area contributed by atoms with Crippen molar-refractivity contribution in [3.8, 4) is 17.1 Å². The second-order valence-electron chi connectivity index (χ2n) is 6.29. The first-order chi connectivity index (χ1) is 12.8. The van der Waals surface area contributed by atoms with Crippen molar-refractivity contribution < 1.29 is 4.74 Å². The molecule has 0 radical (unpaired) electrons. The molecular formula is C20H22ClN5O. The van der Waals surface area contributed by atoms with E-state index in [1.165, 1.54) is 12.0 Å². The molecule has 0 fully saturated rings. The molecule has 0 amide bonds. The molecule has 7 heteroatoms. The van der Waals surface area contributed by atoms with Gasteiger partial charge < -0.3 is 10.1 Å². The number of rotatable bonds is 5. The molecular weight excluding hydrogens is 362 g/mol. The maximum atomic E-state index is 5.94. The average Bonchev–Trinajstić information content (AvgIpc) is 2.72. The number of aryl methyl sites for hydroxylation is 1. The molecule has 0 aliphatic heterocycles. The molecule has 0 spiro atoms. The molecule has 0 atom stereocenters. The van der Waals surface area contributed by atoms with Crippen LogP contribution in [0.5, 0.6) is 5.88 Å². The van der Waals surface area contributed by atoms with E-state index in [0.717, 1.165) is 47.7 Å². The van der Waals surface area contributed by atoms with Crippen molar-refractivity contribution >= 4 is 18.2 Å². The van der Waals surface area contributed by atoms with Gasteiger partial charge in [0.15, 0.2) is 0 Å². The van der Waals surface area contributed by atoms with Gasteiger partial charge in [0.05, 0.1) is 23.8 Å². The van der Waals surface area contributed by atoms with Gasteiger partial charge in [0, 0.05) is 30.6 Å². The van der Waals surface area contributed by atoms with Crippen LogP contribution >= 0.6 is 12.4 Å². The lowest BCUT2D eigenvalue weighted by atomic mass is 9.91. The number of nitrogens with zero attached hydrogens (tertiary/aromatic N) is 4. The number of hydrogen-bond acceptors (Lipinski definition) is 6. The minimum absolute atomic E-state index is 0. The summed E-state index contributed by atoms with van der Waals surface area (Å²) in [6, 6.07) is 7.78. The van der Waals surface area contributed by atoms with Crippen LogP contribution in [0, 0.1) is 0 Å². The summed E-state index contributed by atoms with van der Waals surface area (Å²) in [4.78, 5) is 18.0. The normalized spacial score (nSPS) is 12.6. The lowest BCUT2D eigenvalue weighted by Gasteiger charge is -2.20. The highest BCUT2D eigenvalue weighted by Gasteiger charge is 2.19. The first-order valence-electron chi connectivity index (χ1n) is 8.89. The number of ether oxygens (including phenoxy) is 1. The highest BCUT2D eigenvalue weighted by atomic mass is 35.5. The summed E-state index contributed by atoms with van der Waals surface area (Å²) in [7, 11) is 1.84. The van der Waals surface area contributed by atoms with Gasteiger partial charge in [-0.25, -0.2) is 9.97 Å². The van der Waals surface area contributed by atoms with Gasteiger partial charge in [0.2, 0.25) is 5.88 Å². The fourth-order valence-corrected chi connectivity index (χ4v) is 3.23. The van der Waals surface area contributed by atoms with E-state index in [1.807, 2.05) is 31.3 Å². The van der Waals surface area contributed by atoms with Crippen molar-refractivity contribution in [1.82, 2.24) is 19.9 Å². The maximum Gasteiger partial charge on any atom is 0.214 e. The zero-order valence-corrected chi connectivity index (χ0v) is 16.0. The van der Waals surface area contributed by atoms with Crippen molar-refractivity contribution in [2.24, 2.45) is 0 Å². The summed E-state index contributed by atoms with van der Waals surface area (Å²) in [6.45, 7) is 0.397. The Balaban J connectivity index is 0.00000210. The smallest absolute Gasteiger partial charge is 0.214 e. The van der Waals surface area contributed by atoms with Crippen molar-refractivity contribution in [2.75, 3.05) is 12.4 Å². The minimum atomic E-state index is 0. The summed E-state index contributed by atoms with van der Waals surface area (Å²) in [5.41, 5.74) is 5.17. The average molecular weight is 384 g/mol. The molecule has 0 saturated carbocycles. The van der Waals surface area contributed by atoms with E-state index >= 15 is 0 Å². The van der Waals surface area contributed by atoms with Crippen LogP contribution in [0.15, 0.2) is 42.9 Å². The quantitative estimate of drug-likeness (QED) is 0.721.